The molecule has 0 aliphatic carbocycles. The lowest BCUT2D eigenvalue weighted by molar-refractivity contribution is -0.148. The summed E-state index contributed by atoms with van der Waals surface area (Å²) < 4.78 is 38.7. The number of hydrogen-bond acceptors (Lipinski definition) is 1. The summed E-state index contributed by atoms with van der Waals surface area (Å²) >= 11 is 0. The lowest BCUT2D eigenvalue weighted by Gasteiger charge is -2.18. The van der Waals surface area contributed by atoms with Gasteiger partial charge >= 0.3 is 6.18 Å². The van der Waals surface area contributed by atoms with Gasteiger partial charge in [0.25, 0.3) is 0 Å². The predicted molar refractivity (Wildman–Crippen MR) is 89.4 cm³/mol. The van der Waals surface area contributed by atoms with Crippen LogP contribution in [0.3, 0.4) is 0 Å². The molecule has 2 aromatic carbocycles. The lowest BCUT2D eigenvalue weighted by atomic mass is 9.96. The molecule has 0 bridgehead atoms. The minimum Gasteiger partial charge on any atom is -0.316 e. The highest BCUT2D eigenvalue weighted by atomic mass is 19.4. The van der Waals surface area contributed by atoms with Crippen molar-refractivity contribution in [3.05, 3.63) is 47.5 Å². The topological polar surface area (TPSA) is 26.0 Å². The average molecular weight is 323 g/mol. The van der Waals surface area contributed by atoms with E-state index in [0.717, 1.165) is 18.2 Å². The minimum absolute atomic E-state index is 0.143. The Bertz CT molecular complexity index is 634. The van der Waals surface area contributed by atoms with Gasteiger partial charge in [0.15, 0.2) is 0 Å². The molecule has 0 aliphatic rings. The highest BCUT2D eigenvalue weighted by molar-refractivity contribution is 5.86. The Labute approximate surface area is 135 Å². The summed E-state index contributed by atoms with van der Waals surface area (Å²) in [6.07, 6.45) is 2.59. The second-order valence-corrected chi connectivity index (χ2v) is 6.09. The molecule has 0 saturated heterocycles. The van der Waals surface area contributed by atoms with Crippen LogP contribution in [0.5, 0.6) is 0 Å². The third kappa shape index (κ3) is 4.71. The first-order valence-corrected chi connectivity index (χ1v) is 8.27. The standard InChI is InChI=1S/C19H24F3N/c1-2-3-4-5-6-8-14-11-12-16-15(13-14)9-7-10-17(16)18(23)19(20,21)22/h7,9-13,18H,2-6,8,23H2,1H3/t18-/m0/s1. The number of fused-ring (bicyclic) bond motifs is 1. The van der Waals surface area contributed by atoms with Crippen LogP contribution in [0.4, 0.5) is 13.2 Å². The van der Waals surface area contributed by atoms with Gasteiger partial charge in [0.1, 0.15) is 6.04 Å². The lowest BCUT2D eigenvalue weighted by Crippen LogP contribution is -2.28. The zero-order valence-electron chi connectivity index (χ0n) is 13.5. The van der Waals surface area contributed by atoms with E-state index in [-0.39, 0.29) is 5.56 Å². The van der Waals surface area contributed by atoms with Crippen molar-refractivity contribution in [3.8, 4) is 0 Å². The molecule has 23 heavy (non-hydrogen) atoms. The number of unbranched alkanes of at least 4 members (excludes halogenated alkanes) is 4. The molecule has 0 radical (unpaired) electrons. The summed E-state index contributed by atoms with van der Waals surface area (Å²) in [5.41, 5.74) is 6.69. The molecule has 126 valence electrons. The van der Waals surface area contributed by atoms with Crippen LogP contribution in [0.1, 0.15) is 56.2 Å². The van der Waals surface area contributed by atoms with Crippen molar-refractivity contribution >= 4 is 10.8 Å². The van der Waals surface area contributed by atoms with Crippen LogP contribution in [-0.4, -0.2) is 6.18 Å². The van der Waals surface area contributed by atoms with Crippen molar-refractivity contribution in [1.82, 2.24) is 0 Å². The van der Waals surface area contributed by atoms with Gasteiger partial charge in [0.2, 0.25) is 0 Å². The Balaban J connectivity index is 2.15. The number of rotatable bonds is 7. The number of hydrogen-bond donors (Lipinski definition) is 1. The summed E-state index contributed by atoms with van der Waals surface area (Å²) in [6.45, 7) is 2.19. The maximum Gasteiger partial charge on any atom is 0.407 e. The fraction of sp³-hybridized carbons (Fsp3) is 0.474. The van der Waals surface area contributed by atoms with Gasteiger partial charge in [-0.25, -0.2) is 0 Å². The van der Waals surface area contributed by atoms with E-state index in [1.54, 1.807) is 12.1 Å². The number of halogens is 3. The summed E-state index contributed by atoms with van der Waals surface area (Å²) in [5.74, 6) is 0. The number of nitrogens with two attached hydrogens (primary N) is 1. The van der Waals surface area contributed by atoms with Gasteiger partial charge in [-0.3, -0.25) is 0 Å². The number of benzene rings is 2. The average Bonchev–Trinajstić information content (AvgIpc) is 2.52. The van der Waals surface area contributed by atoms with E-state index in [1.807, 2.05) is 18.2 Å². The van der Waals surface area contributed by atoms with Crippen LogP contribution in [0, 0.1) is 0 Å². The van der Waals surface area contributed by atoms with Gasteiger partial charge in [0, 0.05) is 0 Å². The summed E-state index contributed by atoms with van der Waals surface area (Å²) in [6, 6.07) is 8.71. The first-order valence-electron chi connectivity index (χ1n) is 8.27. The van der Waals surface area contributed by atoms with Crippen LogP contribution >= 0.6 is 0 Å². The van der Waals surface area contributed by atoms with Crippen molar-refractivity contribution < 1.29 is 13.2 Å². The van der Waals surface area contributed by atoms with E-state index in [4.69, 9.17) is 5.73 Å². The Morgan fingerprint density at radius 1 is 1.00 bits per heavy atom. The molecule has 0 unspecified atom stereocenters. The maximum atomic E-state index is 12.9. The summed E-state index contributed by atoms with van der Waals surface area (Å²) in [7, 11) is 0. The largest absolute Gasteiger partial charge is 0.407 e. The first-order chi connectivity index (χ1) is 10.9. The first kappa shape index (κ1) is 17.8. The van der Waals surface area contributed by atoms with Crippen molar-refractivity contribution in [1.29, 1.82) is 0 Å². The van der Waals surface area contributed by atoms with E-state index in [1.165, 1.54) is 37.3 Å². The van der Waals surface area contributed by atoms with E-state index >= 15 is 0 Å². The maximum absolute atomic E-state index is 12.9. The second kappa shape index (κ2) is 7.82. The molecule has 2 N–H and O–H groups in total. The molecular weight excluding hydrogens is 299 g/mol. The normalized spacial score (nSPS) is 13.4. The second-order valence-electron chi connectivity index (χ2n) is 6.09. The number of alkyl halides is 3. The molecule has 0 aliphatic heterocycles. The fourth-order valence-electron chi connectivity index (χ4n) is 2.89. The Morgan fingerprint density at radius 2 is 1.74 bits per heavy atom. The highest BCUT2D eigenvalue weighted by Crippen LogP contribution is 2.34. The molecule has 1 nitrogen and oxygen atoms in total. The molecule has 2 rings (SSSR count). The zero-order chi connectivity index (χ0) is 16.9. The van der Waals surface area contributed by atoms with Crippen LogP contribution in [0.2, 0.25) is 0 Å². The van der Waals surface area contributed by atoms with Crippen molar-refractivity contribution in [2.75, 3.05) is 0 Å². The molecule has 0 fully saturated rings. The van der Waals surface area contributed by atoms with E-state index in [9.17, 15) is 13.2 Å². The summed E-state index contributed by atoms with van der Waals surface area (Å²) in [4.78, 5) is 0. The van der Waals surface area contributed by atoms with Crippen LogP contribution < -0.4 is 5.73 Å². The predicted octanol–water partition coefficient (Wildman–Crippen LogP) is 5.91. The molecule has 1 atom stereocenters. The van der Waals surface area contributed by atoms with E-state index < -0.39 is 12.2 Å². The molecule has 0 amide bonds. The zero-order valence-corrected chi connectivity index (χ0v) is 13.5. The molecule has 0 heterocycles. The Kier molecular flexibility index (Phi) is 6.05. The third-order valence-corrected chi connectivity index (χ3v) is 4.24. The quantitative estimate of drug-likeness (QED) is 0.629. The third-order valence-electron chi connectivity index (χ3n) is 4.24. The number of aryl methyl sites for hydroxylation is 1. The molecule has 0 saturated carbocycles. The van der Waals surface area contributed by atoms with Crippen molar-refractivity contribution in [2.45, 2.75) is 57.7 Å². The van der Waals surface area contributed by atoms with Gasteiger partial charge in [-0.15, -0.1) is 0 Å². The van der Waals surface area contributed by atoms with E-state index in [0.29, 0.717) is 5.39 Å². The van der Waals surface area contributed by atoms with Crippen LogP contribution in [0.25, 0.3) is 10.8 Å². The SMILES string of the molecule is CCCCCCCc1ccc2c([C@H](N)C(F)(F)F)cccc2c1. The Morgan fingerprint density at radius 3 is 2.43 bits per heavy atom. The van der Waals surface area contributed by atoms with Gasteiger partial charge in [-0.2, -0.15) is 13.2 Å². The van der Waals surface area contributed by atoms with Gasteiger partial charge < -0.3 is 5.73 Å². The molecule has 4 heteroatoms. The Hall–Kier alpha value is -1.55. The minimum atomic E-state index is -4.42. The van der Waals surface area contributed by atoms with Crippen molar-refractivity contribution in [2.24, 2.45) is 5.73 Å². The highest BCUT2D eigenvalue weighted by Gasteiger charge is 2.38. The fourth-order valence-corrected chi connectivity index (χ4v) is 2.89. The summed E-state index contributed by atoms with van der Waals surface area (Å²) in [5, 5.41) is 1.42. The van der Waals surface area contributed by atoms with E-state index in [2.05, 4.69) is 6.92 Å². The smallest absolute Gasteiger partial charge is 0.316 e. The van der Waals surface area contributed by atoms with Gasteiger partial charge in [-0.05, 0) is 34.7 Å². The molecule has 2 aromatic rings. The van der Waals surface area contributed by atoms with Crippen LogP contribution in [-0.2, 0) is 6.42 Å². The monoisotopic (exact) mass is 323 g/mol. The molecular formula is C19H24F3N. The van der Waals surface area contributed by atoms with Gasteiger partial charge in [-0.1, -0.05) is 69.0 Å². The van der Waals surface area contributed by atoms with Crippen LogP contribution in [0.15, 0.2) is 36.4 Å². The van der Waals surface area contributed by atoms with Gasteiger partial charge in [0.05, 0.1) is 0 Å². The van der Waals surface area contributed by atoms with Crippen molar-refractivity contribution in [3.63, 3.8) is 0 Å². The molecule has 0 spiro atoms. The molecule has 0 aromatic heterocycles.